The van der Waals surface area contributed by atoms with Crippen molar-refractivity contribution in [3.05, 3.63) is 29.2 Å². The molecule has 0 aliphatic carbocycles. The molecule has 106 valence electrons. The highest BCUT2D eigenvalue weighted by atomic mass is 16.5. The Kier molecular flexibility index (Phi) is 3.23. The minimum atomic E-state index is -0.684. The normalized spacial score (nSPS) is 19.6. The van der Waals surface area contributed by atoms with E-state index in [0.717, 1.165) is 30.8 Å². The van der Waals surface area contributed by atoms with Crippen molar-refractivity contribution in [2.24, 2.45) is 5.73 Å². The minimum Gasteiger partial charge on any atom is -0.363 e. The number of aromatic nitrogens is 3. The van der Waals surface area contributed by atoms with Crippen LogP contribution < -0.4 is 5.73 Å². The van der Waals surface area contributed by atoms with Crippen LogP contribution in [-0.2, 0) is 6.54 Å². The van der Waals surface area contributed by atoms with Crippen molar-refractivity contribution in [3.8, 4) is 0 Å². The van der Waals surface area contributed by atoms with E-state index in [9.17, 15) is 4.79 Å². The molecule has 2 aromatic heterocycles. The van der Waals surface area contributed by atoms with Gasteiger partial charge in [-0.3, -0.25) is 9.69 Å². The number of aryl methyl sites for hydroxylation is 1. The zero-order chi connectivity index (χ0) is 14.1. The second-order valence-electron chi connectivity index (χ2n) is 4.88. The molecule has 0 spiro atoms. The van der Waals surface area contributed by atoms with Gasteiger partial charge in [0.05, 0.1) is 11.7 Å². The molecule has 3 rings (SSSR count). The van der Waals surface area contributed by atoms with E-state index in [1.165, 1.54) is 0 Å². The van der Waals surface area contributed by atoms with Crippen LogP contribution in [-0.4, -0.2) is 32.6 Å². The van der Waals surface area contributed by atoms with Gasteiger partial charge < -0.3 is 14.8 Å². The highest BCUT2D eigenvalue weighted by Gasteiger charge is 2.31. The van der Waals surface area contributed by atoms with Gasteiger partial charge in [-0.15, -0.1) is 0 Å². The first-order valence-electron chi connectivity index (χ1n) is 6.43. The summed E-state index contributed by atoms with van der Waals surface area (Å²) < 4.78 is 10.2. The lowest BCUT2D eigenvalue weighted by atomic mass is 10.2. The van der Waals surface area contributed by atoms with E-state index >= 15 is 0 Å². The number of primary amides is 1. The van der Waals surface area contributed by atoms with Gasteiger partial charge in [0.15, 0.2) is 0 Å². The first-order valence-corrected chi connectivity index (χ1v) is 6.43. The van der Waals surface area contributed by atoms with Crippen molar-refractivity contribution in [3.63, 3.8) is 0 Å². The van der Waals surface area contributed by atoms with Crippen molar-refractivity contribution >= 4 is 5.91 Å². The van der Waals surface area contributed by atoms with E-state index < -0.39 is 5.91 Å². The van der Waals surface area contributed by atoms with Gasteiger partial charge in [-0.1, -0.05) is 10.3 Å². The molecule has 1 atom stereocenters. The molecule has 2 N–H and O–H groups in total. The molecule has 0 bridgehead atoms. The van der Waals surface area contributed by atoms with Gasteiger partial charge in [-0.05, 0) is 26.3 Å². The van der Waals surface area contributed by atoms with Gasteiger partial charge >= 0.3 is 0 Å². The molecule has 0 radical (unpaired) electrons. The van der Waals surface area contributed by atoms with E-state index in [0.29, 0.717) is 12.4 Å². The summed E-state index contributed by atoms with van der Waals surface area (Å²) in [6, 6.07) is 1.89. The summed E-state index contributed by atoms with van der Waals surface area (Å²) in [5, 5.41) is 7.57. The van der Waals surface area contributed by atoms with E-state index in [1.54, 1.807) is 0 Å². The van der Waals surface area contributed by atoms with Crippen molar-refractivity contribution in [1.82, 2.24) is 20.2 Å². The van der Waals surface area contributed by atoms with Gasteiger partial charge in [-0.25, -0.2) is 0 Å². The van der Waals surface area contributed by atoms with Crippen molar-refractivity contribution in [2.45, 2.75) is 32.4 Å². The van der Waals surface area contributed by atoms with E-state index in [4.69, 9.17) is 14.8 Å². The summed E-state index contributed by atoms with van der Waals surface area (Å²) in [7, 11) is 0. The molecule has 0 saturated carbocycles. The number of hydrogen-bond donors (Lipinski definition) is 1. The van der Waals surface area contributed by atoms with Crippen LogP contribution in [0.2, 0.25) is 0 Å². The molecule has 3 heterocycles. The number of nitrogens with two attached hydrogens (primary N) is 1. The van der Waals surface area contributed by atoms with Crippen LogP contribution in [0, 0.1) is 6.92 Å². The Morgan fingerprint density at radius 1 is 1.50 bits per heavy atom. The van der Waals surface area contributed by atoms with Gasteiger partial charge in [0, 0.05) is 12.6 Å². The van der Waals surface area contributed by atoms with E-state index in [1.807, 2.05) is 13.0 Å². The Bertz CT molecular complexity index is 620. The van der Waals surface area contributed by atoms with Crippen LogP contribution in [0.4, 0.5) is 0 Å². The molecule has 0 unspecified atom stereocenters. The van der Waals surface area contributed by atoms with E-state index in [-0.39, 0.29) is 11.9 Å². The zero-order valence-electron chi connectivity index (χ0n) is 11.1. The molecular formula is C12H15N5O3. The SMILES string of the molecule is Cc1cc(CN2CCC[C@H]2c2nc(C(N)=O)no2)no1. The van der Waals surface area contributed by atoms with Crippen molar-refractivity contribution in [2.75, 3.05) is 6.54 Å². The predicted molar refractivity (Wildman–Crippen MR) is 66.4 cm³/mol. The molecule has 2 aromatic rings. The van der Waals surface area contributed by atoms with E-state index in [2.05, 4.69) is 20.2 Å². The maximum Gasteiger partial charge on any atom is 0.290 e. The molecule has 8 heteroatoms. The molecular weight excluding hydrogens is 262 g/mol. The third-order valence-corrected chi connectivity index (χ3v) is 3.35. The summed E-state index contributed by atoms with van der Waals surface area (Å²) >= 11 is 0. The average Bonchev–Trinajstić information content (AvgIpc) is 3.10. The van der Waals surface area contributed by atoms with Gasteiger partial charge in [0.2, 0.25) is 5.89 Å². The Hall–Kier alpha value is -2.22. The number of carbonyl (C=O) groups is 1. The third-order valence-electron chi connectivity index (χ3n) is 3.35. The van der Waals surface area contributed by atoms with Gasteiger partial charge in [-0.2, -0.15) is 4.98 Å². The Labute approximate surface area is 114 Å². The maximum absolute atomic E-state index is 11.0. The Morgan fingerprint density at radius 2 is 2.35 bits per heavy atom. The molecule has 20 heavy (non-hydrogen) atoms. The minimum absolute atomic E-state index is 0.00685. The first kappa shape index (κ1) is 12.8. The Morgan fingerprint density at radius 3 is 3.00 bits per heavy atom. The van der Waals surface area contributed by atoms with Crippen molar-refractivity contribution in [1.29, 1.82) is 0 Å². The average molecular weight is 277 g/mol. The second-order valence-corrected chi connectivity index (χ2v) is 4.88. The topological polar surface area (TPSA) is 111 Å². The molecule has 8 nitrogen and oxygen atoms in total. The first-order chi connectivity index (χ1) is 9.63. The maximum atomic E-state index is 11.0. The summed E-state index contributed by atoms with van der Waals surface area (Å²) in [4.78, 5) is 17.2. The van der Waals surface area contributed by atoms with Crippen LogP contribution in [0.15, 0.2) is 15.1 Å². The summed E-state index contributed by atoms with van der Waals surface area (Å²) in [5.41, 5.74) is 5.99. The molecule has 0 aromatic carbocycles. The predicted octanol–water partition coefficient (Wildman–Crippen LogP) is 0.802. The molecule has 1 fully saturated rings. The van der Waals surface area contributed by atoms with Crippen molar-refractivity contribution < 1.29 is 13.8 Å². The molecule has 1 amide bonds. The highest BCUT2D eigenvalue weighted by Crippen LogP contribution is 2.32. The molecule has 1 aliphatic heterocycles. The third kappa shape index (κ3) is 2.42. The lowest BCUT2D eigenvalue weighted by Crippen LogP contribution is -2.23. The van der Waals surface area contributed by atoms with Gasteiger partial charge in [0.1, 0.15) is 5.76 Å². The monoisotopic (exact) mass is 277 g/mol. The van der Waals surface area contributed by atoms with Crippen LogP contribution >= 0.6 is 0 Å². The lowest BCUT2D eigenvalue weighted by molar-refractivity contribution is 0.0987. The van der Waals surface area contributed by atoms with Gasteiger partial charge in [0.25, 0.3) is 11.7 Å². The van der Waals surface area contributed by atoms with Crippen LogP contribution in [0.25, 0.3) is 0 Å². The number of amides is 1. The van der Waals surface area contributed by atoms with Crippen LogP contribution in [0.5, 0.6) is 0 Å². The standard InChI is InChI=1S/C12H15N5O3/c1-7-5-8(15-19-7)6-17-4-2-3-9(17)12-14-11(10(13)18)16-20-12/h5,9H,2-4,6H2,1H3,(H2,13,18)/t9-/m0/s1. The van der Waals surface area contributed by atoms with Crippen LogP contribution in [0.3, 0.4) is 0 Å². The number of nitrogens with zero attached hydrogens (tertiary/aromatic N) is 4. The molecule has 1 aliphatic rings. The van der Waals surface area contributed by atoms with Crippen LogP contribution in [0.1, 0.15) is 46.8 Å². The highest BCUT2D eigenvalue weighted by molar-refractivity contribution is 5.88. The lowest BCUT2D eigenvalue weighted by Gasteiger charge is -2.19. The Balaban J connectivity index is 1.76. The fraction of sp³-hybridized carbons (Fsp3) is 0.500. The fourth-order valence-electron chi connectivity index (χ4n) is 2.47. The molecule has 1 saturated heterocycles. The number of rotatable bonds is 4. The quantitative estimate of drug-likeness (QED) is 0.879. The summed E-state index contributed by atoms with van der Waals surface area (Å²) in [6.45, 7) is 3.41. The number of hydrogen-bond acceptors (Lipinski definition) is 7. The smallest absolute Gasteiger partial charge is 0.290 e. The number of carbonyl (C=O) groups excluding carboxylic acids is 1. The number of likely N-dealkylation sites (tertiary alicyclic amines) is 1. The zero-order valence-corrected chi connectivity index (χ0v) is 11.1. The summed E-state index contributed by atoms with van der Waals surface area (Å²) in [5.74, 6) is 0.446. The second kappa shape index (κ2) is 5.04. The largest absolute Gasteiger partial charge is 0.363 e. The fourth-order valence-corrected chi connectivity index (χ4v) is 2.47. The summed E-state index contributed by atoms with van der Waals surface area (Å²) in [6.07, 6.45) is 1.92.